The summed E-state index contributed by atoms with van der Waals surface area (Å²) in [5.41, 5.74) is 2.90. The molecule has 0 amide bonds. The van der Waals surface area contributed by atoms with Crippen LogP contribution in [0.2, 0.25) is 0 Å². The van der Waals surface area contributed by atoms with E-state index in [1.54, 1.807) is 50.2 Å². The Hall–Kier alpha value is -2.84. The molecule has 4 nitrogen and oxygen atoms in total. The lowest BCUT2D eigenvalue weighted by Gasteiger charge is -2.24. The van der Waals surface area contributed by atoms with Gasteiger partial charge in [0.2, 0.25) is 10.0 Å². The first-order valence-electron chi connectivity index (χ1n) is 10.1. The highest BCUT2D eigenvalue weighted by atomic mass is 32.2. The number of nitrogens with zero attached hydrogens (tertiary/aromatic N) is 1. The molecule has 1 unspecified atom stereocenters. The number of benzene rings is 3. The molecule has 0 fully saturated rings. The molecule has 1 heterocycles. The largest absolute Gasteiger partial charge is 0.406 e. The summed E-state index contributed by atoms with van der Waals surface area (Å²) in [4.78, 5) is -0.112. The lowest BCUT2D eigenvalue weighted by molar-refractivity contribution is -0.153. The Balaban J connectivity index is 1.80. The minimum atomic E-state index is -4.79. The summed E-state index contributed by atoms with van der Waals surface area (Å²) in [6, 6.07) is 15.3. The van der Waals surface area contributed by atoms with Crippen molar-refractivity contribution in [2.24, 2.45) is 0 Å². The molecular weight excluding hydrogens is 437 g/mol. The predicted molar refractivity (Wildman–Crippen MR) is 120 cm³/mol. The van der Waals surface area contributed by atoms with E-state index >= 15 is 0 Å². The quantitative estimate of drug-likeness (QED) is 0.420. The van der Waals surface area contributed by atoms with E-state index in [2.05, 4.69) is 0 Å². The number of aromatic nitrogens is 1. The molecule has 0 aliphatic carbocycles. The molecule has 0 spiro atoms. The molecular formula is C24H23F3N2O2S. The molecule has 0 saturated heterocycles. The molecule has 1 atom stereocenters. The Labute approximate surface area is 184 Å². The van der Waals surface area contributed by atoms with Crippen LogP contribution in [0, 0.1) is 20.8 Å². The third kappa shape index (κ3) is 4.00. The van der Waals surface area contributed by atoms with E-state index < -0.39 is 28.8 Å². The molecule has 0 saturated carbocycles. The average molecular weight is 461 g/mol. The summed E-state index contributed by atoms with van der Waals surface area (Å²) in [5, 5.41) is 1.63. The second kappa shape index (κ2) is 7.94. The van der Waals surface area contributed by atoms with Gasteiger partial charge < -0.3 is 4.57 Å². The highest BCUT2D eigenvalue weighted by Crippen LogP contribution is 2.32. The lowest BCUT2D eigenvalue weighted by atomic mass is 10.1. The summed E-state index contributed by atoms with van der Waals surface area (Å²) in [6.07, 6.45) is -4.79. The molecule has 1 N–H and O–H groups in total. The highest BCUT2D eigenvalue weighted by molar-refractivity contribution is 7.89. The van der Waals surface area contributed by atoms with Crippen molar-refractivity contribution >= 4 is 31.8 Å². The average Bonchev–Trinajstić information content (AvgIpc) is 3.00. The molecule has 1 aromatic heterocycles. The predicted octanol–water partition coefficient (Wildman–Crippen LogP) is 5.63. The monoisotopic (exact) mass is 460 g/mol. The zero-order valence-electron chi connectivity index (χ0n) is 17.9. The van der Waals surface area contributed by atoms with Crippen molar-refractivity contribution in [3.63, 3.8) is 0 Å². The number of rotatable bonds is 5. The molecule has 3 aromatic carbocycles. The fraction of sp³-hybridized carbons (Fsp3) is 0.250. The van der Waals surface area contributed by atoms with Gasteiger partial charge in [0.1, 0.15) is 6.04 Å². The second-order valence-electron chi connectivity index (χ2n) is 8.09. The molecule has 4 aromatic rings. The molecule has 8 heteroatoms. The van der Waals surface area contributed by atoms with Crippen LogP contribution in [0.4, 0.5) is 13.2 Å². The van der Waals surface area contributed by atoms with Gasteiger partial charge in [-0.1, -0.05) is 54.1 Å². The van der Waals surface area contributed by atoms with Crippen LogP contribution in [0.1, 0.15) is 16.7 Å². The van der Waals surface area contributed by atoms with E-state index in [9.17, 15) is 21.6 Å². The standard InChI is InChI=1S/C24H23F3N2O2S/c1-15-12-16(2)23(17(3)13-15)32(30,31)28-22(24(25,26)27)14-29-20-10-6-4-8-18(20)19-9-5-7-11-21(19)29/h4-13,22,28H,14H2,1-3H3. The van der Waals surface area contributed by atoms with Crippen molar-refractivity contribution < 1.29 is 21.6 Å². The Morgan fingerprint density at radius 1 is 0.875 bits per heavy atom. The van der Waals surface area contributed by atoms with Crippen LogP contribution in [-0.4, -0.2) is 25.2 Å². The van der Waals surface area contributed by atoms with Gasteiger partial charge in [-0.15, -0.1) is 0 Å². The van der Waals surface area contributed by atoms with Crippen molar-refractivity contribution in [3.05, 3.63) is 77.4 Å². The summed E-state index contributed by atoms with van der Waals surface area (Å²) in [5.74, 6) is 0. The van der Waals surface area contributed by atoms with Crippen LogP contribution in [0.15, 0.2) is 65.6 Å². The zero-order chi connectivity index (χ0) is 23.3. The normalized spacial score (nSPS) is 13.7. The van der Waals surface area contributed by atoms with Gasteiger partial charge in [0, 0.05) is 28.4 Å². The Bertz CT molecular complexity index is 1350. The molecule has 32 heavy (non-hydrogen) atoms. The maximum atomic E-state index is 14.1. The van der Waals surface area contributed by atoms with Crippen molar-refractivity contribution in [1.29, 1.82) is 0 Å². The van der Waals surface area contributed by atoms with Gasteiger partial charge >= 0.3 is 6.18 Å². The Morgan fingerprint density at radius 3 is 1.81 bits per heavy atom. The Kier molecular flexibility index (Phi) is 5.55. The second-order valence-corrected chi connectivity index (χ2v) is 9.74. The summed E-state index contributed by atoms with van der Waals surface area (Å²) in [7, 11) is -4.41. The molecule has 0 aliphatic heterocycles. The van der Waals surface area contributed by atoms with Gasteiger partial charge in [0.05, 0.1) is 4.90 Å². The molecule has 0 bridgehead atoms. The Morgan fingerprint density at radius 2 is 1.34 bits per heavy atom. The van der Waals surface area contributed by atoms with Crippen LogP contribution in [0.5, 0.6) is 0 Å². The number of sulfonamides is 1. The van der Waals surface area contributed by atoms with E-state index in [0.717, 1.165) is 16.3 Å². The number of halogens is 3. The maximum absolute atomic E-state index is 14.1. The smallest absolute Gasteiger partial charge is 0.338 e. The third-order valence-electron chi connectivity index (χ3n) is 5.61. The number of aryl methyl sites for hydroxylation is 3. The maximum Gasteiger partial charge on any atom is 0.406 e. The van der Waals surface area contributed by atoms with Crippen molar-refractivity contribution in [3.8, 4) is 0 Å². The number of fused-ring (bicyclic) bond motifs is 3. The van der Waals surface area contributed by atoms with Gasteiger partial charge in [-0.25, -0.2) is 8.42 Å². The summed E-state index contributed by atoms with van der Waals surface area (Å²) in [6.45, 7) is 4.40. The van der Waals surface area contributed by atoms with Crippen molar-refractivity contribution in [2.45, 2.75) is 44.4 Å². The first kappa shape index (κ1) is 22.4. The SMILES string of the molecule is Cc1cc(C)c(S(=O)(=O)NC(Cn2c3ccccc3c3ccccc32)C(F)(F)F)c(C)c1. The van der Waals surface area contributed by atoms with E-state index in [4.69, 9.17) is 0 Å². The third-order valence-corrected chi connectivity index (χ3v) is 7.39. The van der Waals surface area contributed by atoms with Crippen LogP contribution < -0.4 is 4.72 Å². The van der Waals surface area contributed by atoms with Gasteiger partial charge in [-0.05, 0) is 44.0 Å². The number of hydrogen-bond donors (Lipinski definition) is 1. The van der Waals surface area contributed by atoms with E-state index in [1.807, 2.05) is 35.9 Å². The molecule has 168 valence electrons. The van der Waals surface area contributed by atoms with E-state index in [1.165, 1.54) is 4.57 Å². The van der Waals surface area contributed by atoms with Crippen LogP contribution >= 0.6 is 0 Å². The minimum absolute atomic E-state index is 0.112. The van der Waals surface area contributed by atoms with Gasteiger partial charge in [-0.3, -0.25) is 0 Å². The molecule has 0 aliphatic rings. The summed E-state index contributed by atoms with van der Waals surface area (Å²) < 4.78 is 71.9. The first-order chi connectivity index (χ1) is 15.0. The lowest BCUT2D eigenvalue weighted by Crippen LogP contribution is -2.48. The fourth-order valence-corrected chi connectivity index (χ4v) is 6.09. The van der Waals surface area contributed by atoms with Crippen LogP contribution in [0.3, 0.4) is 0 Å². The number of hydrogen-bond acceptors (Lipinski definition) is 2. The number of para-hydroxylation sites is 2. The van der Waals surface area contributed by atoms with E-state index in [-0.39, 0.29) is 4.90 Å². The fourth-order valence-electron chi connectivity index (χ4n) is 4.43. The topological polar surface area (TPSA) is 51.1 Å². The van der Waals surface area contributed by atoms with Gasteiger partial charge in [0.15, 0.2) is 0 Å². The first-order valence-corrected chi connectivity index (χ1v) is 11.6. The van der Waals surface area contributed by atoms with Crippen LogP contribution in [-0.2, 0) is 16.6 Å². The van der Waals surface area contributed by atoms with Crippen LogP contribution in [0.25, 0.3) is 21.8 Å². The van der Waals surface area contributed by atoms with Gasteiger partial charge in [-0.2, -0.15) is 17.9 Å². The summed E-state index contributed by atoms with van der Waals surface area (Å²) >= 11 is 0. The zero-order valence-corrected chi connectivity index (χ0v) is 18.7. The number of nitrogens with one attached hydrogen (secondary N) is 1. The van der Waals surface area contributed by atoms with Crippen molar-refractivity contribution in [2.75, 3.05) is 0 Å². The van der Waals surface area contributed by atoms with Gasteiger partial charge in [0.25, 0.3) is 0 Å². The highest BCUT2D eigenvalue weighted by Gasteiger charge is 2.43. The minimum Gasteiger partial charge on any atom is -0.338 e. The van der Waals surface area contributed by atoms with Crippen molar-refractivity contribution in [1.82, 2.24) is 9.29 Å². The molecule has 0 radical (unpaired) electrons. The van der Waals surface area contributed by atoms with E-state index in [0.29, 0.717) is 22.2 Å². The molecule has 4 rings (SSSR count). The number of alkyl halides is 3.